The monoisotopic (exact) mass is 321 g/mol. The Morgan fingerprint density at radius 2 is 1.71 bits per heavy atom. The summed E-state index contributed by atoms with van der Waals surface area (Å²) in [5.74, 6) is -0.894. The maximum Gasteiger partial charge on any atom is 0.336 e. The summed E-state index contributed by atoms with van der Waals surface area (Å²) in [6, 6.07) is 13.3. The minimum atomic E-state index is -1.04. The highest BCUT2D eigenvalue weighted by Crippen LogP contribution is 2.49. The molecule has 2 aromatic rings. The van der Waals surface area contributed by atoms with Crippen molar-refractivity contribution < 1.29 is 14.7 Å². The number of carboxylic acid groups (broad SMARTS) is 1. The van der Waals surface area contributed by atoms with Crippen molar-refractivity contribution in [2.24, 2.45) is 0 Å². The van der Waals surface area contributed by atoms with Crippen LogP contribution in [0.4, 0.5) is 0 Å². The molecule has 122 valence electrons. The third kappa shape index (κ3) is 1.92. The van der Waals surface area contributed by atoms with Gasteiger partial charge in [-0.3, -0.25) is 4.79 Å². The van der Waals surface area contributed by atoms with Crippen LogP contribution < -0.4 is 0 Å². The van der Waals surface area contributed by atoms with Crippen LogP contribution in [0.5, 0.6) is 0 Å². The zero-order valence-electron chi connectivity index (χ0n) is 13.7. The molecule has 1 amide bonds. The van der Waals surface area contributed by atoms with E-state index in [4.69, 9.17) is 0 Å². The minimum absolute atomic E-state index is 0.0656. The number of carbonyl (C=O) groups is 2. The number of carbonyl (C=O) groups excluding carboxylic acids is 1. The molecule has 3 atom stereocenters. The first-order chi connectivity index (χ1) is 11.5. The number of benzene rings is 2. The summed E-state index contributed by atoms with van der Waals surface area (Å²) in [5.41, 5.74) is 3.77. The minimum Gasteiger partial charge on any atom is -0.478 e. The van der Waals surface area contributed by atoms with Crippen LogP contribution in [-0.4, -0.2) is 21.9 Å². The van der Waals surface area contributed by atoms with Crippen molar-refractivity contribution in [2.45, 2.75) is 38.3 Å². The molecule has 4 nitrogen and oxygen atoms in total. The van der Waals surface area contributed by atoms with Crippen molar-refractivity contribution in [3.8, 4) is 0 Å². The number of fused-ring (bicyclic) bond motifs is 4. The van der Waals surface area contributed by atoms with Gasteiger partial charge in [-0.25, -0.2) is 4.79 Å². The number of hydrogen-bond donors (Lipinski definition) is 1. The fraction of sp³-hybridized carbons (Fsp3) is 0.300. The van der Waals surface area contributed by atoms with Crippen LogP contribution in [0.15, 0.2) is 42.5 Å². The van der Waals surface area contributed by atoms with Crippen LogP contribution in [-0.2, 0) is 0 Å². The average molecular weight is 321 g/mol. The second-order valence-corrected chi connectivity index (χ2v) is 6.74. The van der Waals surface area contributed by atoms with Gasteiger partial charge in [-0.05, 0) is 42.0 Å². The number of carboxylic acids is 1. The quantitative estimate of drug-likeness (QED) is 0.858. The van der Waals surface area contributed by atoms with Crippen molar-refractivity contribution >= 4 is 11.9 Å². The van der Waals surface area contributed by atoms with Gasteiger partial charge in [-0.2, -0.15) is 0 Å². The Morgan fingerprint density at radius 1 is 1.04 bits per heavy atom. The lowest BCUT2D eigenvalue weighted by molar-refractivity contribution is 0.0623. The predicted octanol–water partition coefficient (Wildman–Crippen LogP) is 4.15. The second kappa shape index (κ2) is 5.20. The Balaban J connectivity index is 1.91. The van der Waals surface area contributed by atoms with Crippen molar-refractivity contribution in [3.05, 3.63) is 70.3 Å². The van der Waals surface area contributed by atoms with Gasteiger partial charge in [0.05, 0.1) is 23.2 Å². The molecular formula is C20H19NO3. The molecule has 2 aliphatic rings. The molecule has 1 N–H and O–H groups in total. The molecule has 2 aliphatic heterocycles. The fourth-order valence-electron chi connectivity index (χ4n) is 4.32. The molecule has 0 radical (unpaired) electrons. The topological polar surface area (TPSA) is 57.6 Å². The summed E-state index contributed by atoms with van der Waals surface area (Å²) in [6.07, 6.45) is 0.809. The molecule has 2 aromatic carbocycles. The van der Waals surface area contributed by atoms with E-state index >= 15 is 0 Å². The largest absolute Gasteiger partial charge is 0.478 e. The molecule has 0 saturated heterocycles. The molecule has 0 bridgehead atoms. The van der Waals surface area contributed by atoms with Gasteiger partial charge in [0.25, 0.3) is 5.91 Å². The van der Waals surface area contributed by atoms with E-state index in [0.717, 1.165) is 17.5 Å². The Kier molecular flexibility index (Phi) is 3.23. The van der Waals surface area contributed by atoms with Crippen LogP contribution in [0.1, 0.15) is 75.7 Å². The number of amides is 1. The van der Waals surface area contributed by atoms with Crippen LogP contribution in [0, 0.1) is 0 Å². The normalized spacial score (nSPS) is 24.8. The summed E-state index contributed by atoms with van der Waals surface area (Å²) in [7, 11) is 0. The van der Waals surface area contributed by atoms with Gasteiger partial charge in [0.2, 0.25) is 0 Å². The number of rotatable bonds is 1. The van der Waals surface area contributed by atoms with Gasteiger partial charge in [0.15, 0.2) is 0 Å². The smallest absolute Gasteiger partial charge is 0.336 e. The summed E-state index contributed by atoms with van der Waals surface area (Å²) >= 11 is 0. The van der Waals surface area contributed by atoms with E-state index in [1.54, 1.807) is 6.07 Å². The molecule has 2 heterocycles. The lowest BCUT2D eigenvalue weighted by atomic mass is 9.88. The fourth-order valence-corrected chi connectivity index (χ4v) is 4.32. The SMILES string of the molecule is C[C@@H]1c2ccccc2[C@@H](C)C[C@H]2c3cccc(C(=O)O)c3C(=O)N12. The number of aromatic carboxylic acids is 1. The van der Waals surface area contributed by atoms with Crippen LogP contribution >= 0.6 is 0 Å². The summed E-state index contributed by atoms with van der Waals surface area (Å²) in [6.45, 7) is 4.21. The maximum atomic E-state index is 13.1. The van der Waals surface area contributed by atoms with E-state index in [1.165, 1.54) is 11.6 Å². The highest BCUT2D eigenvalue weighted by atomic mass is 16.4. The summed E-state index contributed by atoms with van der Waals surface area (Å²) in [4.78, 5) is 26.5. The molecule has 4 heteroatoms. The molecule has 0 fully saturated rings. The first kappa shape index (κ1) is 14.9. The Bertz CT molecular complexity index is 858. The molecule has 24 heavy (non-hydrogen) atoms. The van der Waals surface area contributed by atoms with Crippen LogP contribution in [0.2, 0.25) is 0 Å². The van der Waals surface area contributed by atoms with Gasteiger partial charge in [0, 0.05) is 0 Å². The van der Waals surface area contributed by atoms with Crippen LogP contribution in [0.3, 0.4) is 0 Å². The van der Waals surface area contributed by atoms with Crippen molar-refractivity contribution in [2.75, 3.05) is 0 Å². The van der Waals surface area contributed by atoms with Gasteiger partial charge >= 0.3 is 5.97 Å². The van der Waals surface area contributed by atoms with E-state index in [-0.39, 0.29) is 23.6 Å². The van der Waals surface area contributed by atoms with E-state index in [1.807, 2.05) is 30.0 Å². The Labute approximate surface area is 140 Å². The summed E-state index contributed by atoms with van der Waals surface area (Å²) < 4.78 is 0. The van der Waals surface area contributed by atoms with Crippen LogP contribution in [0.25, 0.3) is 0 Å². The standard InChI is InChI=1S/C20H19NO3/c1-11-10-17-15-8-5-9-16(20(23)24)18(15)19(22)21(17)12(2)14-7-4-3-6-13(11)14/h3-9,11-12,17H,10H2,1-2H3,(H,23,24)/t11-,12+,17-/m0/s1. The summed E-state index contributed by atoms with van der Waals surface area (Å²) in [5, 5.41) is 9.46. The molecule has 0 saturated carbocycles. The molecule has 0 spiro atoms. The van der Waals surface area contributed by atoms with Crippen molar-refractivity contribution in [1.29, 1.82) is 0 Å². The number of hydrogen-bond acceptors (Lipinski definition) is 2. The zero-order valence-corrected chi connectivity index (χ0v) is 13.7. The van der Waals surface area contributed by atoms with Crippen molar-refractivity contribution in [3.63, 3.8) is 0 Å². The molecular weight excluding hydrogens is 302 g/mol. The molecule has 4 rings (SSSR count). The molecule has 0 aliphatic carbocycles. The van der Waals surface area contributed by atoms with Gasteiger partial charge in [-0.1, -0.05) is 43.3 Å². The Morgan fingerprint density at radius 3 is 2.42 bits per heavy atom. The highest BCUT2D eigenvalue weighted by molar-refractivity contribution is 6.08. The van der Waals surface area contributed by atoms with E-state index < -0.39 is 5.97 Å². The van der Waals surface area contributed by atoms with Gasteiger partial charge < -0.3 is 10.0 Å². The molecule has 0 aromatic heterocycles. The second-order valence-electron chi connectivity index (χ2n) is 6.74. The predicted molar refractivity (Wildman–Crippen MR) is 90.2 cm³/mol. The number of nitrogens with zero attached hydrogens (tertiary/aromatic N) is 1. The third-order valence-electron chi connectivity index (χ3n) is 5.44. The third-order valence-corrected chi connectivity index (χ3v) is 5.44. The molecule has 0 unspecified atom stereocenters. The van der Waals surface area contributed by atoms with E-state index in [9.17, 15) is 14.7 Å². The van der Waals surface area contributed by atoms with Gasteiger partial charge in [-0.15, -0.1) is 0 Å². The maximum absolute atomic E-state index is 13.1. The zero-order chi connectivity index (χ0) is 17.0. The average Bonchev–Trinajstić information content (AvgIpc) is 2.80. The van der Waals surface area contributed by atoms with E-state index in [0.29, 0.717) is 11.5 Å². The van der Waals surface area contributed by atoms with Gasteiger partial charge in [0.1, 0.15) is 0 Å². The first-order valence-corrected chi connectivity index (χ1v) is 8.28. The highest BCUT2D eigenvalue weighted by Gasteiger charge is 2.44. The lowest BCUT2D eigenvalue weighted by Gasteiger charge is -2.29. The van der Waals surface area contributed by atoms with E-state index in [2.05, 4.69) is 19.1 Å². The Hall–Kier alpha value is -2.62. The first-order valence-electron chi connectivity index (χ1n) is 8.28. The van der Waals surface area contributed by atoms with Crippen molar-refractivity contribution in [1.82, 2.24) is 4.90 Å². The lowest BCUT2D eigenvalue weighted by Crippen LogP contribution is -2.30.